The standard InChI is InChI=1S/2C6H5Cl.Cd/c2*7-6-4-2-1-3-5-6;/h2*1-5H;. The van der Waals surface area contributed by atoms with Crippen LogP contribution in [0.1, 0.15) is 0 Å². The first kappa shape index (κ1) is 14.9. The minimum atomic E-state index is 0. The van der Waals surface area contributed by atoms with Gasteiger partial charge in [-0.15, -0.1) is 0 Å². The molecule has 0 aliphatic heterocycles. The van der Waals surface area contributed by atoms with E-state index in [9.17, 15) is 0 Å². The summed E-state index contributed by atoms with van der Waals surface area (Å²) in [7, 11) is 0. The van der Waals surface area contributed by atoms with Crippen LogP contribution in [0.15, 0.2) is 60.7 Å². The third-order valence-electron chi connectivity index (χ3n) is 1.47. The molecule has 0 aliphatic rings. The summed E-state index contributed by atoms with van der Waals surface area (Å²) in [6, 6.07) is 18.9. The first-order valence-electron chi connectivity index (χ1n) is 4.20. The van der Waals surface area contributed by atoms with Gasteiger partial charge in [-0.25, -0.2) is 0 Å². The average molecular weight is 338 g/mol. The fourth-order valence-corrected chi connectivity index (χ4v) is 1.12. The van der Waals surface area contributed by atoms with Gasteiger partial charge in [0.1, 0.15) is 0 Å². The van der Waals surface area contributed by atoms with Crippen LogP contribution in [0.4, 0.5) is 0 Å². The summed E-state index contributed by atoms with van der Waals surface area (Å²) in [6.45, 7) is 0. The van der Waals surface area contributed by atoms with Crippen LogP contribution in [-0.2, 0) is 27.3 Å². The topological polar surface area (TPSA) is 0 Å². The largest absolute Gasteiger partial charge is 0.0843 e. The van der Waals surface area contributed by atoms with E-state index in [1.54, 1.807) is 0 Å². The maximum absolute atomic E-state index is 5.54. The zero-order valence-electron chi connectivity index (χ0n) is 8.24. The molecule has 0 amide bonds. The van der Waals surface area contributed by atoms with Crippen LogP contribution >= 0.6 is 23.2 Å². The van der Waals surface area contributed by atoms with Gasteiger partial charge in [-0.2, -0.15) is 0 Å². The second kappa shape index (κ2) is 9.19. The molecule has 0 nitrogen and oxygen atoms in total. The fraction of sp³-hybridized carbons (Fsp3) is 0. The van der Waals surface area contributed by atoms with Crippen molar-refractivity contribution in [2.75, 3.05) is 0 Å². The average Bonchev–Trinajstić information content (AvgIpc) is 2.21. The van der Waals surface area contributed by atoms with Crippen LogP contribution in [0.3, 0.4) is 0 Å². The zero-order valence-corrected chi connectivity index (χ0v) is 13.8. The smallest absolute Gasteiger partial charge is 0.0405 e. The molecule has 74 valence electrons. The maximum Gasteiger partial charge on any atom is 0.0405 e. The minimum Gasteiger partial charge on any atom is -0.0843 e. The van der Waals surface area contributed by atoms with Crippen LogP contribution in [0.5, 0.6) is 0 Å². The Morgan fingerprint density at radius 3 is 0.933 bits per heavy atom. The van der Waals surface area contributed by atoms with Crippen molar-refractivity contribution in [2.24, 2.45) is 0 Å². The molecule has 2 aromatic carbocycles. The molecule has 0 radical (unpaired) electrons. The molecule has 3 heteroatoms. The van der Waals surface area contributed by atoms with Crippen molar-refractivity contribution in [3.8, 4) is 0 Å². The summed E-state index contributed by atoms with van der Waals surface area (Å²) in [5, 5.41) is 1.59. The predicted octanol–water partition coefficient (Wildman–Crippen LogP) is 4.68. The zero-order chi connectivity index (χ0) is 10.2. The number of halogens is 2. The van der Waals surface area contributed by atoms with Crippen molar-refractivity contribution in [3.63, 3.8) is 0 Å². The van der Waals surface area contributed by atoms with Gasteiger partial charge >= 0.3 is 0 Å². The van der Waals surface area contributed by atoms with E-state index in [0.717, 1.165) is 10.0 Å². The Hall–Kier alpha value is -0.0579. The quantitative estimate of drug-likeness (QED) is 0.613. The SMILES string of the molecule is Clc1ccccc1.Clc1ccccc1.[Cd]. The molecule has 2 aromatic rings. The van der Waals surface area contributed by atoms with Crippen molar-refractivity contribution in [3.05, 3.63) is 70.7 Å². The monoisotopic (exact) mass is 338 g/mol. The maximum atomic E-state index is 5.54. The molecule has 2 rings (SSSR count). The normalized spacial score (nSPS) is 8.13. The summed E-state index contributed by atoms with van der Waals surface area (Å²) in [5.41, 5.74) is 0. The van der Waals surface area contributed by atoms with Gasteiger partial charge in [-0.1, -0.05) is 59.6 Å². The third-order valence-corrected chi connectivity index (χ3v) is 1.97. The van der Waals surface area contributed by atoms with Gasteiger partial charge in [0.15, 0.2) is 0 Å². The Bertz CT molecular complexity index is 311. The molecule has 0 spiro atoms. The van der Waals surface area contributed by atoms with Crippen molar-refractivity contribution in [1.82, 2.24) is 0 Å². The Morgan fingerprint density at radius 2 is 0.800 bits per heavy atom. The van der Waals surface area contributed by atoms with Gasteiger partial charge in [0, 0.05) is 37.3 Å². The fourth-order valence-electron chi connectivity index (χ4n) is 0.829. The van der Waals surface area contributed by atoms with E-state index >= 15 is 0 Å². The van der Waals surface area contributed by atoms with Crippen molar-refractivity contribution >= 4 is 23.2 Å². The van der Waals surface area contributed by atoms with Gasteiger partial charge in [0.05, 0.1) is 0 Å². The van der Waals surface area contributed by atoms with Crippen LogP contribution < -0.4 is 0 Å². The number of hydrogen-bond donors (Lipinski definition) is 0. The molecule has 0 heterocycles. The molecule has 0 N–H and O–H groups in total. The van der Waals surface area contributed by atoms with Gasteiger partial charge in [0.25, 0.3) is 0 Å². The molecule has 15 heavy (non-hydrogen) atoms. The molecule has 0 saturated carbocycles. The van der Waals surface area contributed by atoms with E-state index in [1.165, 1.54) is 0 Å². The van der Waals surface area contributed by atoms with Crippen molar-refractivity contribution in [1.29, 1.82) is 0 Å². The summed E-state index contributed by atoms with van der Waals surface area (Å²) < 4.78 is 0. The minimum absolute atomic E-state index is 0. The molecule has 0 fully saturated rings. The van der Waals surface area contributed by atoms with E-state index < -0.39 is 0 Å². The van der Waals surface area contributed by atoms with E-state index in [-0.39, 0.29) is 27.3 Å². The van der Waals surface area contributed by atoms with Gasteiger partial charge in [-0.3, -0.25) is 0 Å². The molecular formula is C12H10CdCl2. The van der Waals surface area contributed by atoms with Gasteiger partial charge in [0.2, 0.25) is 0 Å². The van der Waals surface area contributed by atoms with E-state index in [0.29, 0.717) is 0 Å². The molecule has 0 aromatic heterocycles. The van der Waals surface area contributed by atoms with Crippen molar-refractivity contribution < 1.29 is 27.3 Å². The Kier molecular flexibility index (Phi) is 9.15. The van der Waals surface area contributed by atoms with Crippen LogP contribution in [-0.4, -0.2) is 0 Å². The van der Waals surface area contributed by atoms with E-state index in [1.807, 2.05) is 60.7 Å². The Labute approximate surface area is 120 Å². The molecule has 0 atom stereocenters. The molecule has 0 unspecified atom stereocenters. The molecule has 0 saturated heterocycles. The van der Waals surface area contributed by atoms with Gasteiger partial charge < -0.3 is 0 Å². The van der Waals surface area contributed by atoms with Crippen LogP contribution in [0, 0.1) is 0 Å². The molecule has 0 aliphatic carbocycles. The van der Waals surface area contributed by atoms with Crippen molar-refractivity contribution in [2.45, 2.75) is 0 Å². The van der Waals surface area contributed by atoms with Gasteiger partial charge in [-0.05, 0) is 24.3 Å². The second-order valence-corrected chi connectivity index (χ2v) is 3.46. The Balaban J connectivity index is 0.000000245. The number of benzene rings is 2. The summed E-state index contributed by atoms with van der Waals surface area (Å²) >= 11 is 11.1. The Morgan fingerprint density at radius 1 is 0.533 bits per heavy atom. The first-order chi connectivity index (χ1) is 6.79. The van der Waals surface area contributed by atoms with Crippen LogP contribution in [0.25, 0.3) is 0 Å². The molecular weight excluding hydrogens is 327 g/mol. The van der Waals surface area contributed by atoms with E-state index in [2.05, 4.69) is 0 Å². The number of rotatable bonds is 0. The summed E-state index contributed by atoms with van der Waals surface area (Å²) in [4.78, 5) is 0. The summed E-state index contributed by atoms with van der Waals surface area (Å²) in [5.74, 6) is 0. The molecule has 0 bridgehead atoms. The van der Waals surface area contributed by atoms with Crippen LogP contribution in [0.2, 0.25) is 10.0 Å². The third kappa shape index (κ3) is 7.82. The second-order valence-electron chi connectivity index (χ2n) is 2.59. The van der Waals surface area contributed by atoms with E-state index in [4.69, 9.17) is 23.2 Å². The number of hydrogen-bond acceptors (Lipinski definition) is 0. The predicted molar refractivity (Wildman–Crippen MR) is 62.9 cm³/mol. The summed E-state index contributed by atoms with van der Waals surface area (Å²) in [6.07, 6.45) is 0. The first-order valence-corrected chi connectivity index (χ1v) is 4.96.